The van der Waals surface area contributed by atoms with Crippen LogP contribution in [0.2, 0.25) is 0 Å². The molecule has 1 aromatic rings. The van der Waals surface area contributed by atoms with E-state index in [1.165, 1.54) is 18.2 Å². The number of amides is 1. The molecule has 0 aromatic heterocycles. The van der Waals surface area contributed by atoms with Crippen molar-refractivity contribution in [2.75, 3.05) is 39.2 Å². The number of nitrogens with two attached hydrogens (primary N) is 1. The highest BCUT2D eigenvalue weighted by atomic mass is 16.6. The zero-order valence-corrected chi connectivity index (χ0v) is 11.1. The third kappa shape index (κ3) is 4.82. The first-order chi connectivity index (χ1) is 9.56. The van der Waals surface area contributed by atoms with Crippen molar-refractivity contribution in [1.29, 1.82) is 0 Å². The molecule has 0 saturated heterocycles. The van der Waals surface area contributed by atoms with Crippen molar-refractivity contribution < 1.29 is 19.2 Å². The van der Waals surface area contributed by atoms with Crippen molar-refractivity contribution in [3.05, 3.63) is 33.9 Å². The molecule has 1 amide bonds. The molecule has 0 aliphatic heterocycles. The number of carbonyl (C=O) groups excluding carboxylic acids is 1. The Bertz CT molecular complexity index is 478. The molecular weight excluding hydrogens is 266 g/mol. The number of anilines is 1. The summed E-state index contributed by atoms with van der Waals surface area (Å²) in [5.74, 6) is -0.556. The Labute approximate surface area is 116 Å². The van der Waals surface area contributed by atoms with Crippen LogP contribution in [0.25, 0.3) is 0 Å². The van der Waals surface area contributed by atoms with Crippen molar-refractivity contribution in [3.63, 3.8) is 0 Å². The van der Waals surface area contributed by atoms with Crippen LogP contribution in [0.3, 0.4) is 0 Å². The van der Waals surface area contributed by atoms with E-state index in [-0.39, 0.29) is 23.5 Å². The van der Waals surface area contributed by atoms with Crippen LogP contribution >= 0.6 is 0 Å². The summed E-state index contributed by atoms with van der Waals surface area (Å²) in [5, 5.41) is 13.4. The molecule has 0 heterocycles. The average Bonchev–Trinajstić information content (AvgIpc) is 2.42. The van der Waals surface area contributed by atoms with E-state index in [1.807, 2.05) is 0 Å². The highest BCUT2D eigenvalue weighted by Crippen LogP contribution is 2.20. The van der Waals surface area contributed by atoms with E-state index in [2.05, 4.69) is 5.32 Å². The Hall–Kier alpha value is -2.19. The second-order valence-corrected chi connectivity index (χ2v) is 3.89. The molecule has 8 nitrogen and oxygen atoms in total. The Morgan fingerprint density at radius 1 is 1.40 bits per heavy atom. The molecule has 0 radical (unpaired) electrons. The molecule has 0 fully saturated rings. The number of hydrogen-bond acceptors (Lipinski definition) is 6. The average molecular weight is 283 g/mol. The maximum Gasteiger partial charge on any atom is 0.282 e. The summed E-state index contributed by atoms with van der Waals surface area (Å²) in [7, 11) is 1.56. The van der Waals surface area contributed by atoms with Crippen molar-refractivity contribution in [2.24, 2.45) is 0 Å². The number of nitro benzene ring substituents is 1. The lowest BCUT2D eigenvalue weighted by Gasteiger charge is -2.07. The number of nitrogen functional groups attached to an aromatic ring is 1. The van der Waals surface area contributed by atoms with Gasteiger partial charge in [0.15, 0.2) is 0 Å². The van der Waals surface area contributed by atoms with Gasteiger partial charge in [-0.05, 0) is 12.1 Å². The summed E-state index contributed by atoms with van der Waals surface area (Å²) >= 11 is 0. The second kappa shape index (κ2) is 8.08. The van der Waals surface area contributed by atoms with Crippen LogP contribution in [-0.4, -0.2) is 44.3 Å². The van der Waals surface area contributed by atoms with Gasteiger partial charge in [0.25, 0.3) is 11.6 Å². The molecule has 0 spiro atoms. The van der Waals surface area contributed by atoms with Gasteiger partial charge in [-0.15, -0.1) is 0 Å². The van der Waals surface area contributed by atoms with E-state index in [1.54, 1.807) is 7.11 Å². The minimum atomic E-state index is -0.622. The van der Waals surface area contributed by atoms with Crippen LogP contribution in [0.5, 0.6) is 0 Å². The maximum atomic E-state index is 11.9. The molecule has 0 saturated carbocycles. The molecule has 3 N–H and O–H groups in total. The maximum absolute atomic E-state index is 11.9. The first-order valence-corrected chi connectivity index (χ1v) is 5.95. The lowest BCUT2D eigenvalue weighted by atomic mass is 10.1. The molecular formula is C12H17N3O5. The highest BCUT2D eigenvalue weighted by Gasteiger charge is 2.19. The van der Waals surface area contributed by atoms with Crippen molar-refractivity contribution >= 4 is 17.3 Å². The Morgan fingerprint density at radius 2 is 2.15 bits per heavy atom. The molecule has 1 aromatic carbocycles. The quantitative estimate of drug-likeness (QED) is 0.312. The summed E-state index contributed by atoms with van der Waals surface area (Å²) in [6, 6.07) is 3.86. The van der Waals surface area contributed by atoms with Gasteiger partial charge in [0.1, 0.15) is 5.56 Å². The summed E-state index contributed by atoms with van der Waals surface area (Å²) in [6.07, 6.45) is 0. The molecule has 0 unspecified atom stereocenters. The number of methoxy groups -OCH3 is 1. The Kier molecular flexibility index (Phi) is 6.41. The minimum absolute atomic E-state index is 0.0631. The van der Waals surface area contributed by atoms with Crippen LogP contribution in [0.1, 0.15) is 10.4 Å². The fourth-order valence-electron chi connectivity index (χ4n) is 1.47. The van der Waals surface area contributed by atoms with Gasteiger partial charge < -0.3 is 20.5 Å². The predicted octanol–water partition coefficient (Wildman–Crippen LogP) is 0.570. The van der Waals surface area contributed by atoms with E-state index >= 15 is 0 Å². The lowest BCUT2D eigenvalue weighted by Crippen LogP contribution is -2.28. The second-order valence-electron chi connectivity index (χ2n) is 3.89. The summed E-state index contributed by atoms with van der Waals surface area (Å²) in [5.41, 5.74) is 5.48. The molecule has 20 heavy (non-hydrogen) atoms. The highest BCUT2D eigenvalue weighted by molar-refractivity contribution is 5.99. The number of ether oxygens (including phenoxy) is 2. The summed E-state index contributed by atoms with van der Waals surface area (Å²) in [6.45, 7) is 1.43. The smallest absolute Gasteiger partial charge is 0.282 e. The normalized spacial score (nSPS) is 10.2. The molecule has 0 bridgehead atoms. The summed E-state index contributed by atoms with van der Waals surface area (Å²) in [4.78, 5) is 22.1. The van der Waals surface area contributed by atoms with E-state index in [0.717, 1.165) is 0 Å². The van der Waals surface area contributed by atoms with Crippen LogP contribution in [-0.2, 0) is 9.47 Å². The van der Waals surface area contributed by atoms with Crippen LogP contribution in [0.4, 0.5) is 11.4 Å². The fraction of sp³-hybridized carbons (Fsp3) is 0.417. The van der Waals surface area contributed by atoms with Gasteiger partial charge in [0.05, 0.1) is 24.7 Å². The molecule has 0 aliphatic carbocycles. The van der Waals surface area contributed by atoms with Gasteiger partial charge >= 0.3 is 0 Å². The van der Waals surface area contributed by atoms with Crippen LogP contribution < -0.4 is 11.1 Å². The third-order valence-electron chi connectivity index (χ3n) is 2.43. The summed E-state index contributed by atoms with van der Waals surface area (Å²) < 4.78 is 9.96. The lowest BCUT2D eigenvalue weighted by molar-refractivity contribution is -0.385. The Morgan fingerprint density at radius 3 is 2.80 bits per heavy atom. The minimum Gasteiger partial charge on any atom is -0.399 e. The van der Waals surface area contributed by atoms with Gasteiger partial charge in [-0.25, -0.2) is 0 Å². The van der Waals surface area contributed by atoms with Crippen molar-refractivity contribution in [2.45, 2.75) is 0 Å². The number of nitro groups is 1. The first-order valence-electron chi connectivity index (χ1n) is 5.95. The van der Waals surface area contributed by atoms with Gasteiger partial charge in [-0.2, -0.15) is 0 Å². The SMILES string of the molecule is COCCOCCNC(=O)c1cc(N)ccc1[N+](=O)[O-]. The fourth-order valence-corrected chi connectivity index (χ4v) is 1.47. The molecule has 0 aliphatic rings. The van der Waals surface area contributed by atoms with E-state index in [4.69, 9.17) is 15.2 Å². The monoisotopic (exact) mass is 283 g/mol. The van der Waals surface area contributed by atoms with Crippen molar-refractivity contribution in [3.8, 4) is 0 Å². The van der Waals surface area contributed by atoms with E-state index in [9.17, 15) is 14.9 Å². The zero-order chi connectivity index (χ0) is 15.0. The largest absolute Gasteiger partial charge is 0.399 e. The van der Waals surface area contributed by atoms with Crippen molar-refractivity contribution in [1.82, 2.24) is 5.32 Å². The number of rotatable bonds is 8. The Balaban J connectivity index is 2.54. The molecule has 110 valence electrons. The number of nitrogens with zero attached hydrogens (tertiary/aromatic N) is 1. The number of benzene rings is 1. The van der Waals surface area contributed by atoms with Gasteiger partial charge in [0, 0.05) is 25.4 Å². The molecule has 0 atom stereocenters. The third-order valence-corrected chi connectivity index (χ3v) is 2.43. The van der Waals surface area contributed by atoms with Crippen LogP contribution in [0, 0.1) is 10.1 Å². The number of carbonyl (C=O) groups is 1. The standard InChI is InChI=1S/C12H17N3O5/c1-19-6-7-20-5-4-14-12(16)10-8-9(13)2-3-11(10)15(17)18/h2-3,8H,4-7,13H2,1H3,(H,14,16). The van der Waals surface area contributed by atoms with Gasteiger partial charge in [0.2, 0.25) is 0 Å². The number of hydrogen-bond donors (Lipinski definition) is 2. The zero-order valence-electron chi connectivity index (χ0n) is 11.1. The topological polar surface area (TPSA) is 117 Å². The van der Waals surface area contributed by atoms with Crippen LogP contribution in [0.15, 0.2) is 18.2 Å². The predicted molar refractivity (Wildman–Crippen MR) is 72.5 cm³/mol. The van der Waals surface area contributed by atoms with Gasteiger partial charge in [-0.1, -0.05) is 0 Å². The van der Waals surface area contributed by atoms with E-state index < -0.39 is 10.8 Å². The number of nitrogens with one attached hydrogen (secondary N) is 1. The van der Waals surface area contributed by atoms with Gasteiger partial charge in [-0.3, -0.25) is 14.9 Å². The first kappa shape index (κ1) is 15.9. The van der Waals surface area contributed by atoms with E-state index in [0.29, 0.717) is 19.8 Å². The molecule has 8 heteroatoms. The molecule has 1 rings (SSSR count).